The third-order valence-corrected chi connectivity index (χ3v) is 8.20. The molecule has 2 aromatic carbocycles. The van der Waals surface area contributed by atoms with Crippen molar-refractivity contribution in [2.45, 2.75) is 43.2 Å². The second-order valence-corrected chi connectivity index (χ2v) is 10.9. The molecule has 1 fully saturated rings. The maximum absolute atomic E-state index is 13.8. The highest BCUT2D eigenvalue weighted by molar-refractivity contribution is 9.10. The SMILES string of the molecule is O=S1(=O)c2ccc(Br)cc2OC[C@@H](c2ccccc2)N1Cc1cn(CCC2OCCCO2)nn1. The summed E-state index contributed by atoms with van der Waals surface area (Å²) >= 11 is 3.40. The molecule has 3 heterocycles. The van der Waals surface area contributed by atoms with Gasteiger partial charge in [0.25, 0.3) is 0 Å². The molecular formula is C23H25BrN4O5S. The average Bonchev–Trinajstić information content (AvgIpc) is 3.27. The molecule has 3 aromatic rings. The lowest BCUT2D eigenvalue weighted by Gasteiger charge is -2.27. The quantitative estimate of drug-likeness (QED) is 0.465. The number of hydrogen-bond acceptors (Lipinski definition) is 7. The number of aryl methyl sites for hydroxylation is 1. The maximum Gasteiger partial charge on any atom is 0.247 e. The van der Waals surface area contributed by atoms with Crippen LogP contribution >= 0.6 is 15.9 Å². The smallest absolute Gasteiger partial charge is 0.247 e. The predicted molar refractivity (Wildman–Crippen MR) is 126 cm³/mol. The average molecular weight is 549 g/mol. The first-order chi connectivity index (χ1) is 16.5. The Labute approximate surface area is 206 Å². The Bertz CT molecular complexity index is 1230. The fourth-order valence-electron chi connectivity index (χ4n) is 4.11. The summed E-state index contributed by atoms with van der Waals surface area (Å²) in [5.41, 5.74) is 1.40. The van der Waals surface area contributed by atoms with E-state index in [-0.39, 0.29) is 24.3 Å². The number of rotatable bonds is 6. The Morgan fingerprint density at radius 1 is 1.09 bits per heavy atom. The third kappa shape index (κ3) is 5.03. The third-order valence-electron chi connectivity index (χ3n) is 5.82. The summed E-state index contributed by atoms with van der Waals surface area (Å²) in [6.07, 6.45) is 3.07. The number of benzene rings is 2. The molecule has 5 rings (SSSR count). The summed E-state index contributed by atoms with van der Waals surface area (Å²) in [6.45, 7) is 2.20. The van der Waals surface area contributed by atoms with Gasteiger partial charge >= 0.3 is 0 Å². The van der Waals surface area contributed by atoms with Crippen molar-refractivity contribution in [3.63, 3.8) is 0 Å². The van der Waals surface area contributed by atoms with Crippen molar-refractivity contribution in [2.24, 2.45) is 0 Å². The molecule has 9 nitrogen and oxygen atoms in total. The maximum atomic E-state index is 13.8. The highest BCUT2D eigenvalue weighted by Crippen LogP contribution is 2.38. The molecular weight excluding hydrogens is 524 g/mol. The Morgan fingerprint density at radius 2 is 1.88 bits per heavy atom. The van der Waals surface area contributed by atoms with Crippen LogP contribution in [0.15, 0.2) is 64.1 Å². The van der Waals surface area contributed by atoms with E-state index >= 15 is 0 Å². The Morgan fingerprint density at radius 3 is 2.68 bits per heavy atom. The van der Waals surface area contributed by atoms with Crippen molar-refractivity contribution in [2.75, 3.05) is 19.8 Å². The molecule has 11 heteroatoms. The van der Waals surface area contributed by atoms with Crippen LogP contribution in [0.3, 0.4) is 0 Å². The molecule has 0 spiro atoms. The first kappa shape index (κ1) is 23.4. The molecule has 2 aliphatic heterocycles. The highest BCUT2D eigenvalue weighted by Gasteiger charge is 2.38. The second kappa shape index (κ2) is 10.1. The number of halogens is 1. The van der Waals surface area contributed by atoms with E-state index < -0.39 is 16.1 Å². The monoisotopic (exact) mass is 548 g/mol. The van der Waals surface area contributed by atoms with Gasteiger partial charge in [0.05, 0.1) is 31.5 Å². The van der Waals surface area contributed by atoms with E-state index in [1.165, 1.54) is 4.31 Å². The minimum atomic E-state index is -3.88. The van der Waals surface area contributed by atoms with Gasteiger partial charge in [0.1, 0.15) is 17.3 Å². The second-order valence-electron chi connectivity index (χ2n) is 8.17. The van der Waals surface area contributed by atoms with Crippen molar-refractivity contribution < 1.29 is 22.6 Å². The van der Waals surface area contributed by atoms with Crippen molar-refractivity contribution in [3.05, 3.63) is 70.5 Å². The van der Waals surface area contributed by atoms with E-state index in [0.717, 1.165) is 16.5 Å². The summed E-state index contributed by atoms with van der Waals surface area (Å²) in [7, 11) is -3.88. The van der Waals surface area contributed by atoms with Gasteiger partial charge in [-0.2, -0.15) is 4.31 Å². The lowest BCUT2D eigenvalue weighted by Crippen LogP contribution is -2.35. The van der Waals surface area contributed by atoms with Crippen molar-refractivity contribution >= 4 is 26.0 Å². The van der Waals surface area contributed by atoms with E-state index in [9.17, 15) is 8.42 Å². The summed E-state index contributed by atoms with van der Waals surface area (Å²) in [6, 6.07) is 13.9. The minimum absolute atomic E-state index is 0.0667. The van der Waals surface area contributed by atoms with Gasteiger partial charge in [-0.1, -0.05) is 51.5 Å². The Kier molecular flexibility index (Phi) is 6.98. The molecule has 1 aromatic heterocycles. The first-order valence-electron chi connectivity index (χ1n) is 11.1. The van der Waals surface area contributed by atoms with Gasteiger partial charge in [-0.05, 0) is 30.2 Å². The molecule has 0 aliphatic carbocycles. The largest absolute Gasteiger partial charge is 0.490 e. The zero-order valence-corrected chi connectivity index (χ0v) is 20.8. The summed E-state index contributed by atoms with van der Waals surface area (Å²) in [5.74, 6) is 0.328. The number of hydrogen-bond donors (Lipinski definition) is 0. The van der Waals surface area contributed by atoms with Crippen LogP contribution in [-0.2, 0) is 32.6 Å². The fourth-order valence-corrected chi connectivity index (χ4v) is 6.13. The molecule has 0 unspecified atom stereocenters. The van der Waals surface area contributed by atoms with Crippen LogP contribution in [0.25, 0.3) is 0 Å². The number of sulfonamides is 1. The molecule has 0 bridgehead atoms. The van der Waals surface area contributed by atoms with E-state index in [1.54, 1.807) is 29.1 Å². The molecule has 1 saturated heterocycles. The van der Waals surface area contributed by atoms with Gasteiger partial charge in [0.2, 0.25) is 10.0 Å². The van der Waals surface area contributed by atoms with Gasteiger partial charge < -0.3 is 14.2 Å². The van der Waals surface area contributed by atoms with E-state index in [2.05, 4.69) is 26.2 Å². The van der Waals surface area contributed by atoms with Crippen LogP contribution in [0.1, 0.15) is 30.1 Å². The van der Waals surface area contributed by atoms with Gasteiger partial charge in [-0.3, -0.25) is 4.68 Å². The predicted octanol–water partition coefficient (Wildman–Crippen LogP) is 3.52. The van der Waals surface area contributed by atoms with E-state index in [1.807, 2.05) is 30.3 Å². The number of nitrogens with zero attached hydrogens (tertiary/aromatic N) is 4. The first-order valence-corrected chi connectivity index (χ1v) is 13.4. The van der Waals surface area contributed by atoms with E-state index in [0.29, 0.717) is 37.6 Å². The zero-order chi connectivity index (χ0) is 23.5. The fraction of sp³-hybridized carbons (Fsp3) is 0.391. The number of fused-ring (bicyclic) bond motifs is 1. The lowest BCUT2D eigenvalue weighted by molar-refractivity contribution is -0.182. The van der Waals surface area contributed by atoms with Gasteiger partial charge in [-0.25, -0.2) is 8.42 Å². The van der Waals surface area contributed by atoms with Gasteiger partial charge in [0.15, 0.2) is 6.29 Å². The molecule has 2 aliphatic rings. The molecule has 0 radical (unpaired) electrons. The van der Waals surface area contributed by atoms with Crippen molar-refractivity contribution in [3.8, 4) is 5.75 Å². The van der Waals surface area contributed by atoms with Crippen LogP contribution in [0.2, 0.25) is 0 Å². The van der Waals surface area contributed by atoms with E-state index in [4.69, 9.17) is 14.2 Å². The van der Waals surface area contributed by atoms with Crippen molar-refractivity contribution in [1.29, 1.82) is 0 Å². The molecule has 0 saturated carbocycles. The van der Waals surface area contributed by atoms with Gasteiger partial charge in [-0.15, -0.1) is 5.10 Å². The topological polar surface area (TPSA) is 95.8 Å². The van der Waals surface area contributed by atoms with Crippen LogP contribution in [0, 0.1) is 0 Å². The summed E-state index contributed by atoms with van der Waals surface area (Å²) in [4.78, 5) is 0.133. The molecule has 0 amide bonds. The highest BCUT2D eigenvalue weighted by atomic mass is 79.9. The summed E-state index contributed by atoms with van der Waals surface area (Å²) in [5, 5.41) is 8.43. The molecule has 34 heavy (non-hydrogen) atoms. The van der Waals surface area contributed by atoms with Crippen LogP contribution in [0.5, 0.6) is 5.75 Å². The molecule has 1 atom stereocenters. The van der Waals surface area contributed by atoms with Gasteiger partial charge in [0, 0.05) is 23.6 Å². The molecule has 180 valence electrons. The van der Waals surface area contributed by atoms with Crippen LogP contribution < -0.4 is 4.74 Å². The normalized spacial score (nSPS) is 20.9. The standard InChI is InChI=1S/C23H25BrN4O5S/c24-18-7-8-22-21(13-18)33-16-20(17-5-2-1-3-6-17)28(34(22,29)30)15-19-14-27(26-25-19)10-9-23-31-11-4-12-32-23/h1-3,5-8,13-14,20,23H,4,9-12,15-16H2/t20-/m0/s1. The number of aromatic nitrogens is 3. The Hall–Kier alpha value is -2.31. The zero-order valence-electron chi connectivity index (χ0n) is 18.4. The molecule has 0 N–H and O–H groups in total. The van der Waals surface area contributed by atoms with Crippen LogP contribution in [-0.4, -0.2) is 53.8 Å². The van der Waals surface area contributed by atoms with Crippen LogP contribution in [0.4, 0.5) is 0 Å². The Balaban J connectivity index is 1.42. The van der Waals surface area contributed by atoms with Crippen molar-refractivity contribution in [1.82, 2.24) is 19.3 Å². The lowest BCUT2D eigenvalue weighted by atomic mass is 10.1. The minimum Gasteiger partial charge on any atom is -0.490 e. The number of ether oxygens (including phenoxy) is 3. The summed E-state index contributed by atoms with van der Waals surface area (Å²) < 4.78 is 48.7.